The molecule has 0 spiro atoms. The van der Waals surface area contributed by atoms with Gasteiger partial charge in [-0.15, -0.1) is 10.2 Å². The third-order valence-electron chi connectivity index (χ3n) is 2.69. The van der Waals surface area contributed by atoms with Gasteiger partial charge in [-0.2, -0.15) is 18.4 Å². The second-order valence-corrected chi connectivity index (χ2v) is 4.17. The molecule has 112 valence electrons. The highest BCUT2D eigenvalue weighted by atomic mass is 19.4. The monoisotopic (exact) mass is 307 g/mol. The standard InChI is InChI=1S/C12H8F3N7/c13-12(14,15)11-16-6-5-9(18-11)17-8-4-2-1-3-7(8)10-19-21-22-20-10/h1-6H,(H,16,17,18)(H,19,20,21,22). The number of aromatic amines is 1. The second-order valence-electron chi connectivity index (χ2n) is 4.17. The first kappa shape index (κ1) is 13.9. The molecule has 2 heterocycles. The predicted octanol–water partition coefficient (Wildman–Crippen LogP) is 2.42. The maximum Gasteiger partial charge on any atom is 0.451 e. The van der Waals surface area contributed by atoms with Gasteiger partial charge >= 0.3 is 6.18 Å². The minimum atomic E-state index is -4.61. The zero-order valence-corrected chi connectivity index (χ0v) is 10.8. The van der Waals surface area contributed by atoms with Gasteiger partial charge in [0.1, 0.15) is 5.82 Å². The van der Waals surface area contributed by atoms with E-state index < -0.39 is 12.0 Å². The van der Waals surface area contributed by atoms with Crippen LogP contribution < -0.4 is 5.32 Å². The quantitative estimate of drug-likeness (QED) is 0.772. The van der Waals surface area contributed by atoms with Crippen molar-refractivity contribution in [3.63, 3.8) is 0 Å². The van der Waals surface area contributed by atoms with Crippen molar-refractivity contribution in [3.05, 3.63) is 42.4 Å². The normalized spacial score (nSPS) is 11.4. The van der Waals surface area contributed by atoms with E-state index in [1.54, 1.807) is 24.3 Å². The molecule has 0 atom stereocenters. The summed E-state index contributed by atoms with van der Waals surface area (Å²) in [4.78, 5) is 6.66. The van der Waals surface area contributed by atoms with E-state index in [-0.39, 0.29) is 5.82 Å². The smallest absolute Gasteiger partial charge is 0.340 e. The molecule has 3 aromatic rings. The highest BCUT2D eigenvalue weighted by Crippen LogP contribution is 2.29. The zero-order valence-electron chi connectivity index (χ0n) is 10.8. The van der Waals surface area contributed by atoms with E-state index >= 15 is 0 Å². The molecule has 10 heteroatoms. The van der Waals surface area contributed by atoms with Gasteiger partial charge < -0.3 is 5.32 Å². The van der Waals surface area contributed by atoms with Crippen LogP contribution in [0.25, 0.3) is 11.4 Å². The third-order valence-corrected chi connectivity index (χ3v) is 2.69. The number of tetrazole rings is 1. The van der Waals surface area contributed by atoms with Crippen molar-refractivity contribution in [2.24, 2.45) is 0 Å². The molecule has 3 rings (SSSR count). The first-order valence-corrected chi connectivity index (χ1v) is 6.04. The molecule has 0 aliphatic rings. The fraction of sp³-hybridized carbons (Fsp3) is 0.0833. The van der Waals surface area contributed by atoms with Crippen molar-refractivity contribution in [2.75, 3.05) is 5.32 Å². The molecule has 2 aromatic heterocycles. The van der Waals surface area contributed by atoms with Crippen LogP contribution >= 0.6 is 0 Å². The average Bonchev–Trinajstić information content (AvgIpc) is 3.01. The molecule has 7 nitrogen and oxygen atoms in total. The van der Waals surface area contributed by atoms with Crippen LogP contribution in [0.1, 0.15) is 5.82 Å². The number of H-pyrrole nitrogens is 1. The Hall–Kier alpha value is -3.04. The lowest BCUT2D eigenvalue weighted by Gasteiger charge is -2.10. The van der Waals surface area contributed by atoms with Crippen LogP contribution in [0.4, 0.5) is 24.7 Å². The Morgan fingerprint density at radius 3 is 2.64 bits per heavy atom. The van der Waals surface area contributed by atoms with Gasteiger partial charge in [0.15, 0.2) is 0 Å². The molecular weight excluding hydrogens is 299 g/mol. The number of nitrogens with zero attached hydrogens (tertiary/aromatic N) is 5. The van der Waals surface area contributed by atoms with Crippen molar-refractivity contribution in [1.82, 2.24) is 30.6 Å². The largest absolute Gasteiger partial charge is 0.451 e. The van der Waals surface area contributed by atoms with Crippen LogP contribution in [-0.2, 0) is 6.18 Å². The summed E-state index contributed by atoms with van der Waals surface area (Å²) in [6, 6.07) is 8.18. The number of anilines is 2. The number of halogens is 3. The Kier molecular flexibility index (Phi) is 3.41. The Bertz CT molecular complexity index is 770. The molecule has 0 aliphatic heterocycles. The number of hydrogen-bond acceptors (Lipinski definition) is 6. The van der Waals surface area contributed by atoms with Gasteiger partial charge in [-0.3, -0.25) is 0 Å². The van der Waals surface area contributed by atoms with Gasteiger partial charge in [-0.05, 0) is 23.4 Å². The molecule has 0 amide bonds. The summed E-state index contributed by atoms with van der Waals surface area (Å²) in [6.07, 6.45) is -3.57. The molecule has 0 radical (unpaired) electrons. The van der Waals surface area contributed by atoms with E-state index in [4.69, 9.17) is 0 Å². The molecule has 0 bridgehead atoms. The summed E-state index contributed by atoms with van der Waals surface area (Å²) in [6.45, 7) is 0. The number of rotatable bonds is 3. The van der Waals surface area contributed by atoms with Gasteiger partial charge in [0.05, 0.1) is 5.69 Å². The van der Waals surface area contributed by atoms with Crippen LogP contribution in [0.15, 0.2) is 36.5 Å². The van der Waals surface area contributed by atoms with Crippen LogP contribution in [0, 0.1) is 0 Å². The number of benzene rings is 1. The summed E-state index contributed by atoms with van der Waals surface area (Å²) in [5.41, 5.74) is 1.07. The van der Waals surface area contributed by atoms with Crippen LogP contribution in [0.2, 0.25) is 0 Å². The summed E-state index contributed by atoms with van der Waals surface area (Å²) >= 11 is 0. The molecule has 0 aliphatic carbocycles. The minimum absolute atomic E-state index is 0.0123. The molecule has 0 saturated carbocycles. The lowest BCUT2D eigenvalue weighted by molar-refractivity contribution is -0.144. The summed E-state index contributed by atoms with van der Waals surface area (Å²) in [5, 5.41) is 16.3. The van der Waals surface area contributed by atoms with Gasteiger partial charge in [0.25, 0.3) is 0 Å². The number of nitrogens with one attached hydrogen (secondary N) is 2. The van der Waals surface area contributed by atoms with E-state index in [2.05, 4.69) is 35.9 Å². The average molecular weight is 307 g/mol. The van der Waals surface area contributed by atoms with E-state index in [1.807, 2.05) is 0 Å². The summed E-state index contributed by atoms with van der Waals surface area (Å²) in [5.74, 6) is -0.888. The van der Waals surface area contributed by atoms with Crippen molar-refractivity contribution < 1.29 is 13.2 Å². The van der Waals surface area contributed by atoms with Crippen LogP contribution in [-0.4, -0.2) is 30.6 Å². The SMILES string of the molecule is FC(F)(F)c1nccc(Nc2ccccc2-c2nn[nH]n2)n1. The number of hydrogen-bond donors (Lipinski definition) is 2. The molecule has 0 saturated heterocycles. The van der Waals surface area contributed by atoms with Gasteiger partial charge in [-0.25, -0.2) is 9.97 Å². The second kappa shape index (κ2) is 5.39. The molecule has 1 aromatic carbocycles. The van der Waals surface area contributed by atoms with Crippen molar-refractivity contribution in [1.29, 1.82) is 0 Å². The Morgan fingerprint density at radius 1 is 1.09 bits per heavy atom. The third kappa shape index (κ3) is 2.85. The number of aromatic nitrogens is 6. The van der Waals surface area contributed by atoms with E-state index in [9.17, 15) is 13.2 Å². The van der Waals surface area contributed by atoms with E-state index in [0.29, 0.717) is 17.1 Å². The van der Waals surface area contributed by atoms with E-state index in [1.165, 1.54) is 6.07 Å². The summed E-state index contributed by atoms with van der Waals surface area (Å²) in [7, 11) is 0. The van der Waals surface area contributed by atoms with Gasteiger partial charge in [0.2, 0.25) is 11.6 Å². The van der Waals surface area contributed by atoms with Crippen molar-refractivity contribution in [3.8, 4) is 11.4 Å². The summed E-state index contributed by atoms with van der Waals surface area (Å²) < 4.78 is 37.9. The number of alkyl halides is 3. The molecular formula is C12H8F3N7. The van der Waals surface area contributed by atoms with Gasteiger partial charge in [0, 0.05) is 11.8 Å². The maximum atomic E-state index is 12.6. The minimum Gasteiger partial charge on any atom is -0.340 e. The Balaban J connectivity index is 1.95. The zero-order chi connectivity index (χ0) is 15.6. The fourth-order valence-electron chi connectivity index (χ4n) is 1.77. The van der Waals surface area contributed by atoms with Gasteiger partial charge in [-0.1, -0.05) is 12.1 Å². The molecule has 2 N–H and O–H groups in total. The van der Waals surface area contributed by atoms with Crippen LogP contribution in [0.3, 0.4) is 0 Å². The predicted molar refractivity (Wildman–Crippen MR) is 69.9 cm³/mol. The Morgan fingerprint density at radius 2 is 1.91 bits per heavy atom. The molecule has 0 unspecified atom stereocenters. The van der Waals surface area contributed by atoms with Crippen LogP contribution in [0.5, 0.6) is 0 Å². The Labute approximate surface area is 121 Å². The van der Waals surface area contributed by atoms with Crippen molar-refractivity contribution in [2.45, 2.75) is 6.18 Å². The molecule has 0 fully saturated rings. The van der Waals surface area contributed by atoms with Crippen molar-refractivity contribution >= 4 is 11.5 Å². The lowest BCUT2D eigenvalue weighted by Crippen LogP contribution is -2.11. The van der Waals surface area contributed by atoms with E-state index in [0.717, 1.165) is 6.20 Å². The topological polar surface area (TPSA) is 92.3 Å². The first-order chi connectivity index (χ1) is 10.5. The highest BCUT2D eigenvalue weighted by molar-refractivity contribution is 5.76. The first-order valence-electron chi connectivity index (χ1n) is 6.04. The molecule has 22 heavy (non-hydrogen) atoms. The number of para-hydroxylation sites is 1. The highest BCUT2D eigenvalue weighted by Gasteiger charge is 2.34. The fourth-order valence-corrected chi connectivity index (χ4v) is 1.77. The maximum absolute atomic E-state index is 12.6. The lowest BCUT2D eigenvalue weighted by atomic mass is 10.1.